The second-order valence-corrected chi connectivity index (χ2v) is 10.6. The van der Waals surface area contributed by atoms with E-state index in [-0.39, 0.29) is 6.04 Å². The van der Waals surface area contributed by atoms with Crippen LogP contribution in [0.3, 0.4) is 0 Å². The highest BCUT2D eigenvalue weighted by atomic mass is 127. The van der Waals surface area contributed by atoms with E-state index in [4.69, 9.17) is 9.47 Å². The average Bonchev–Trinajstić information content (AvgIpc) is 2.92. The molecule has 0 spiro atoms. The van der Waals surface area contributed by atoms with Crippen LogP contribution < -0.4 is 9.47 Å². The van der Waals surface area contributed by atoms with E-state index in [1.165, 1.54) is 20.3 Å². The van der Waals surface area contributed by atoms with E-state index in [1.807, 2.05) is 12.1 Å². The van der Waals surface area contributed by atoms with Crippen molar-refractivity contribution >= 4 is 22.6 Å². The molecule has 4 heteroatoms. The molecule has 5 rings (SSSR count). The summed E-state index contributed by atoms with van der Waals surface area (Å²) in [6.07, 6.45) is 0.967. The summed E-state index contributed by atoms with van der Waals surface area (Å²) in [6.45, 7) is 6.64. The number of halogens is 1. The van der Waals surface area contributed by atoms with Gasteiger partial charge in [0.05, 0.1) is 3.57 Å². The SMILES string of the molecule is C[C@H]1Cc2c(I)c(OCc3ccccc3)cc(OCc3ccccc3)c2[C@H](C)N1Cc1ccccc1. The molecule has 36 heavy (non-hydrogen) atoms. The Morgan fingerprint density at radius 3 is 1.78 bits per heavy atom. The number of fused-ring (bicyclic) bond motifs is 1. The van der Waals surface area contributed by atoms with Gasteiger partial charge in [-0.3, -0.25) is 4.90 Å². The summed E-state index contributed by atoms with van der Waals surface area (Å²) < 4.78 is 14.1. The molecule has 1 aliphatic rings. The number of benzene rings is 4. The lowest BCUT2D eigenvalue weighted by Gasteiger charge is -2.41. The van der Waals surface area contributed by atoms with Crippen molar-refractivity contribution in [1.29, 1.82) is 0 Å². The zero-order valence-corrected chi connectivity index (χ0v) is 23.0. The van der Waals surface area contributed by atoms with Gasteiger partial charge in [-0.15, -0.1) is 0 Å². The first-order chi connectivity index (χ1) is 17.6. The summed E-state index contributed by atoms with van der Waals surface area (Å²) in [6, 6.07) is 34.2. The van der Waals surface area contributed by atoms with Crippen LogP contribution in [0, 0.1) is 3.57 Å². The van der Waals surface area contributed by atoms with E-state index in [0.717, 1.165) is 35.6 Å². The molecule has 2 atom stereocenters. The van der Waals surface area contributed by atoms with Gasteiger partial charge in [0.15, 0.2) is 0 Å². The summed E-state index contributed by atoms with van der Waals surface area (Å²) in [4.78, 5) is 2.59. The Balaban J connectivity index is 1.49. The fraction of sp³-hybridized carbons (Fsp3) is 0.250. The summed E-state index contributed by atoms with van der Waals surface area (Å²) in [5, 5.41) is 0. The van der Waals surface area contributed by atoms with Gasteiger partial charge >= 0.3 is 0 Å². The normalized spacial score (nSPS) is 17.4. The molecule has 0 amide bonds. The largest absolute Gasteiger partial charge is 0.488 e. The lowest BCUT2D eigenvalue weighted by atomic mass is 9.88. The first-order valence-corrected chi connectivity index (χ1v) is 13.7. The van der Waals surface area contributed by atoms with Crippen molar-refractivity contribution in [3.8, 4) is 11.5 Å². The van der Waals surface area contributed by atoms with Gasteiger partial charge in [0, 0.05) is 30.3 Å². The predicted octanol–water partition coefficient (Wildman–Crippen LogP) is 7.96. The molecule has 0 saturated carbocycles. The molecule has 0 N–H and O–H groups in total. The first-order valence-electron chi connectivity index (χ1n) is 12.6. The van der Waals surface area contributed by atoms with E-state index in [0.29, 0.717) is 19.3 Å². The standard InChI is InChI=1S/C32H32INO2/c1-23-18-28-31(24(2)34(23)20-25-12-6-3-7-13-25)29(35-21-26-14-8-4-9-15-26)19-30(32(28)33)36-22-27-16-10-5-11-17-27/h3-17,19,23-24H,18,20-22H2,1-2H3/t23-,24-/m0/s1. The Morgan fingerprint density at radius 1 is 0.722 bits per heavy atom. The highest BCUT2D eigenvalue weighted by Crippen LogP contribution is 2.45. The molecule has 0 unspecified atom stereocenters. The number of hydrogen-bond acceptors (Lipinski definition) is 3. The van der Waals surface area contributed by atoms with Gasteiger partial charge in [-0.05, 0) is 65.1 Å². The summed E-state index contributed by atoms with van der Waals surface area (Å²) in [5.41, 5.74) is 6.30. The Morgan fingerprint density at radius 2 is 1.22 bits per heavy atom. The maximum absolute atomic E-state index is 6.53. The Bertz CT molecular complexity index is 1280. The van der Waals surface area contributed by atoms with Gasteiger partial charge in [-0.2, -0.15) is 0 Å². The van der Waals surface area contributed by atoms with Crippen LogP contribution in [-0.2, 0) is 26.2 Å². The van der Waals surface area contributed by atoms with Crippen LogP contribution in [0.4, 0.5) is 0 Å². The predicted molar refractivity (Wildman–Crippen MR) is 154 cm³/mol. The van der Waals surface area contributed by atoms with Crippen LogP contribution in [0.15, 0.2) is 97.1 Å². The van der Waals surface area contributed by atoms with E-state index in [2.05, 4.69) is 126 Å². The lowest BCUT2D eigenvalue weighted by molar-refractivity contribution is 0.124. The first kappa shape index (κ1) is 24.8. The second-order valence-electron chi connectivity index (χ2n) is 9.51. The van der Waals surface area contributed by atoms with Crippen molar-refractivity contribution in [3.05, 3.63) is 128 Å². The summed E-state index contributed by atoms with van der Waals surface area (Å²) >= 11 is 2.47. The van der Waals surface area contributed by atoms with Crippen LogP contribution in [0.2, 0.25) is 0 Å². The molecule has 0 saturated heterocycles. The quantitative estimate of drug-likeness (QED) is 0.195. The fourth-order valence-corrected chi connectivity index (χ4v) is 5.90. The van der Waals surface area contributed by atoms with Crippen LogP contribution in [0.1, 0.15) is 47.7 Å². The summed E-state index contributed by atoms with van der Waals surface area (Å²) in [5.74, 6) is 1.83. The minimum Gasteiger partial charge on any atom is -0.488 e. The molecule has 0 fully saturated rings. The van der Waals surface area contributed by atoms with Crippen molar-refractivity contribution in [2.75, 3.05) is 0 Å². The van der Waals surface area contributed by atoms with Crippen molar-refractivity contribution in [3.63, 3.8) is 0 Å². The minimum absolute atomic E-state index is 0.228. The lowest BCUT2D eigenvalue weighted by Crippen LogP contribution is -2.41. The molecule has 184 valence electrons. The van der Waals surface area contributed by atoms with Crippen LogP contribution >= 0.6 is 22.6 Å². The van der Waals surface area contributed by atoms with Gasteiger partial charge in [0.25, 0.3) is 0 Å². The topological polar surface area (TPSA) is 21.7 Å². The molecule has 0 radical (unpaired) electrons. The van der Waals surface area contributed by atoms with E-state index >= 15 is 0 Å². The molecule has 4 aromatic carbocycles. The van der Waals surface area contributed by atoms with Crippen molar-refractivity contribution in [1.82, 2.24) is 4.90 Å². The minimum atomic E-state index is 0.228. The molecule has 4 aromatic rings. The number of rotatable bonds is 8. The van der Waals surface area contributed by atoms with Crippen molar-refractivity contribution in [2.24, 2.45) is 0 Å². The van der Waals surface area contributed by atoms with E-state index in [1.54, 1.807) is 0 Å². The monoisotopic (exact) mass is 589 g/mol. The molecule has 0 bridgehead atoms. The van der Waals surface area contributed by atoms with E-state index in [9.17, 15) is 0 Å². The average molecular weight is 590 g/mol. The molecular weight excluding hydrogens is 557 g/mol. The molecule has 3 nitrogen and oxygen atoms in total. The molecule has 1 heterocycles. The van der Waals surface area contributed by atoms with Gasteiger partial charge in [-0.25, -0.2) is 0 Å². The Hall–Kier alpha value is -2.83. The third-order valence-corrected chi connectivity index (χ3v) is 8.18. The highest BCUT2D eigenvalue weighted by Gasteiger charge is 2.34. The number of ether oxygens (including phenoxy) is 2. The van der Waals surface area contributed by atoms with Crippen LogP contribution in [-0.4, -0.2) is 10.9 Å². The molecule has 0 aliphatic carbocycles. The van der Waals surface area contributed by atoms with Crippen molar-refractivity contribution in [2.45, 2.75) is 52.1 Å². The zero-order chi connectivity index (χ0) is 24.9. The number of nitrogens with zero attached hydrogens (tertiary/aromatic N) is 1. The Kier molecular flexibility index (Phi) is 7.93. The zero-order valence-electron chi connectivity index (χ0n) is 20.9. The third kappa shape index (κ3) is 5.60. The maximum Gasteiger partial charge on any atom is 0.137 e. The van der Waals surface area contributed by atoms with E-state index < -0.39 is 0 Å². The molecule has 0 aromatic heterocycles. The van der Waals surface area contributed by atoms with Gasteiger partial charge in [0.2, 0.25) is 0 Å². The van der Waals surface area contributed by atoms with Crippen LogP contribution in [0.25, 0.3) is 0 Å². The molecular formula is C32H32INO2. The molecule has 1 aliphatic heterocycles. The second kappa shape index (κ2) is 11.5. The van der Waals surface area contributed by atoms with Crippen molar-refractivity contribution < 1.29 is 9.47 Å². The third-order valence-electron chi connectivity index (χ3n) is 7.00. The van der Waals surface area contributed by atoms with Gasteiger partial charge in [0.1, 0.15) is 24.7 Å². The fourth-order valence-electron chi connectivity index (χ4n) is 5.08. The van der Waals surface area contributed by atoms with Crippen LogP contribution in [0.5, 0.6) is 11.5 Å². The number of hydrogen-bond donors (Lipinski definition) is 0. The summed E-state index contributed by atoms with van der Waals surface area (Å²) in [7, 11) is 0. The highest BCUT2D eigenvalue weighted by molar-refractivity contribution is 14.1. The Labute approximate surface area is 228 Å². The van der Waals surface area contributed by atoms with Gasteiger partial charge < -0.3 is 9.47 Å². The van der Waals surface area contributed by atoms with Gasteiger partial charge in [-0.1, -0.05) is 91.0 Å². The smallest absolute Gasteiger partial charge is 0.137 e. The maximum atomic E-state index is 6.53.